The van der Waals surface area contributed by atoms with Crippen LogP contribution < -0.4 is 0 Å². The van der Waals surface area contributed by atoms with Crippen LogP contribution in [0.3, 0.4) is 0 Å². The minimum absolute atomic E-state index is 0.0786. The van der Waals surface area contributed by atoms with Crippen molar-refractivity contribution in [3.63, 3.8) is 0 Å². The molecular formula is C12H12N2O4S. The van der Waals surface area contributed by atoms with Gasteiger partial charge >= 0.3 is 5.97 Å². The molecule has 1 aromatic carbocycles. The fourth-order valence-electron chi connectivity index (χ4n) is 2.43. The van der Waals surface area contributed by atoms with Gasteiger partial charge in [0.15, 0.2) is 9.84 Å². The van der Waals surface area contributed by atoms with Gasteiger partial charge in [-0.3, -0.25) is 0 Å². The van der Waals surface area contributed by atoms with Gasteiger partial charge in [0.2, 0.25) is 0 Å². The van der Waals surface area contributed by atoms with E-state index in [0.717, 1.165) is 0 Å². The molecule has 0 saturated carbocycles. The third-order valence-electron chi connectivity index (χ3n) is 3.38. The molecule has 0 bridgehead atoms. The van der Waals surface area contributed by atoms with E-state index < -0.39 is 15.8 Å². The number of aromatic carboxylic acids is 1. The zero-order valence-corrected chi connectivity index (χ0v) is 10.8. The van der Waals surface area contributed by atoms with Crippen molar-refractivity contribution in [1.82, 2.24) is 9.97 Å². The summed E-state index contributed by atoms with van der Waals surface area (Å²) in [4.78, 5) is 18.4. The second-order valence-electron chi connectivity index (χ2n) is 4.73. The number of sulfone groups is 1. The minimum atomic E-state index is -2.98. The maximum absolute atomic E-state index is 11.5. The first-order chi connectivity index (χ1) is 8.96. The monoisotopic (exact) mass is 280 g/mol. The first kappa shape index (κ1) is 12.2. The van der Waals surface area contributed by atoms with Crippen LogP contribution >= 0.6 is 0 Å². The SMILES string of the molecule is O=C(O)c1cccc2[nH]c(C3CCS(=O)(=O)C3)nc12. The van der Waals surface area contributed by atoms with Gasteiger partial charge in [-0.2, -0.15) is 0 Å². The summed E-state index contributed by atoms with van der Waals surface area (Å²) >= 11 is 0. The van der Waals surface area contributed by atoms with Crippen molar-refractivity contribution in [2.75, 3.05) is 11.5 Å². The molecule has 1 aliphatic rings. The number of carbonyl (C=O) groups is 1. The third-order valence-corrected chi connectivity index (χ3v) is 5.15. The molecule has 2 aromatic rings. The molecule has 1 aliphatic heterocycles. The van der Waals surface area contributed by atoms with E-state index in [1.54, 1.807) is 12.1 Å². The highest BCUT2D eigenvalue weighted by Crippen LogP contribution is 2.29. The number of nitrogens with zero attached hydrogens (tertiary/aromatic N) is 1. The molecule has 2 heterocycles. The summed E-state index contributed by atoms with van der Waals surface area (Å²) in [6, 6.07) is 4.86. The topological polar surface area (TPSA) is 100 Å². The first-order valence-corrected chi connectivity index (χ1v) is 7.71. The molecule has 2 N–H and O–H groups in total. The number of rotatable bonds is 2. The largest absolute Gasteiger partial charge is 0.478 e. The van der Waals surface area contributed by atoms with Gasteiger partial charge in [-0.15, -0.1) is 0 Å². The Kier molecular flexibility index (Phi) is 2.60. The summed E-state index contributed by atoms with van der Waals surface area (Å²) in [5, 5.41) is 9.09. The fraction of sp³-hybridized carbons (Fsp3) is 0.333. The maximum atomic E-state index is 11.5. The van der Waals surface area contributed by atoms with Crippen molar-refractivity contribution in [2.24, 2.45) is 0 Å². The van der Waals surface area contributed by atoms with E-state index in [1.165, 1.54) is 6.07 Å². The van der Waals surface area contributed by atoms with Crippen LogP contribution in [-0.2, 0) is 9.84 Å². The molecule has 3 rings (SSSR count). The molecule has 1 atom stereocenters. The Bertz CT molecular complexity index is 763. The standard InChI is InChI=1S/C12H12N2O4S/c15-12(16)8-2-1-3-9-10(8)14-11(13-9)7-4-5-19(17,18)6-7/h1-3,7H,4-6H2,(H,13,14)(H,15,16). The van der Waals surface area contributed by atoms with E-state index in [9.17, 15) is 13.2 Å². The molecule has 7 heteroatoms. The zero-order chi connectivity index (χ0) is 13.6. The van der Waals surface area contributed by atoms with Gasteiger partial charge in [0, 0.05) is 5.92 Å². The van der Waals surface area contributed by atoms with Crippen LogP contribution in [0.5, 0.6) is 0 Å². The molecular weight excluding hydrogens is 268 g/mol. The van der Waals surface area contributed by atoms with Gasteiger partial charge in [-0.1, -0.05) is 6.07 Å². The summed E-state index contributed by atoms with van der Waals surface area (Å²) in [6.07, 6.45) is 0.532. The van der Waals surface area contributed by atoms with Crippen LogP contribution in [0.15, 0.2) is 18.2 Å². The highest BCUT2D eigenvalue weighted by Gasteiger charge is 2.31. The Hall–Kier alpha value is -1.89. The quantitative estimate of drug-likeness (QED) is 0.859. The number of carboxylic acid groups (broad SMARTS) is 1. The molecule has 0 radical (unpaired) electrons. The number of H-pyrrole nitrogens is 1. The Morgan fingerprint density at radius 2 is 2.21 bits per heavy atom. The lowest BCUT2D eigenvalue weighted by Gasteiger charge is -2.01. The number of carboxylic acids is 1. The number of hydrogen-bond donors (Lipinski definition) is 2. The van der Waals surface area contributed by atoms with Crippen molar-refractivity contribution in [2.45, 2.75) is 12.3 Å². The number of aromatic nitrogens is 2. The van der Waals surface area contributed by atoms with Crippen molar-refractivity contribution in [3.05, 3.63) is 29.6 Å². The van der Waals surface area contributed by atoms with E-state index >= 15 is 0 Å². The van der Waals surface area contributed by atoms with Crippen LogP contribution in [-0.4, -0.2) is 41.0 Å². The summed E-state index contributed by atoms with van der Waals surface area (Å²) in [5.74, 6) is -0.401. The summed E-state index contributed by atoms with van der Waals surface area (Å²) in [6.45, 7) is 0. The molecule has 0 amide bonds. The molecule has 0 aliphatic carbocycles. The molecule has 1 fully saturated rings. The molecule has 1 unspecified atom stereocenters. The number of para-hydroxylation sites is 1. The number of benzene rings is 1. The molecule has 0 spiro atoms. The summed E-state index contributed by atoms with van der Waals surface area (Å²) < 4.78 is 22.9. The zero-order valence-electron chi connectivity index (χ0n) is 9.96. The van der Waals surface area contributed by atoms with Crippen molar-refractivity contribution < 1.29 is 18.3 Å². The minimum Gasteiger partial charge on any atom is -0.478 e. The average molecular weight is 280 g/mol. The normalized spacial score (nSPS) is 21.8. The highest BCUT2D eigenvalue weighted by molar-refractivity contribution is 7.91. The molecule has 1 aromatic heterocycles. The Morgan fingerprint density at radius 1 is 1.42 bits per heavy atom. The van der Waals surface area contributed by atoms with E-state index in [0.29, 0.717) is 23.3 Å². The molecule has 19 heavy (non-hydrogen) atoms. The Balaban J connectivity index is 2.08. The number of aromatic amines is 1. The lowest BCUT2D eigenvalue weighted by molar-refractivity contribution is 0.0699. The molecule has 6 nitrogen and oxygen atoms in total. The number of hydrogen-bond acceptors (Lipinski definition) is 4. The number of fused-ring (bicyclic) bond motifs is 1. The van der Waals surface area contributed by atoms with Crippen LogP contribution in [0, 0.1) is 0 Å². The molecule has 100 valence electrons. The lowest BCUT2D eigenvalue weighted by Crippen LogP contribution is -2.05. The summed E-state index contributed by atoms with van der Waals surface area (Å²) in [5.41, 5.74) is 1.13. The van der Waals surface area contributed by atoms with Gasteiger partial charge in [0.25, 0.3) is 0 Å². The lowest BCUT2D eigenvalue weighted by atomic mass is 10.1. The van der Waals surface area contributed by atoms with E-state index in [2.05, 4.69) is 9.97 Å². The van der Waals surface area contributed by atoms with Gasteiger partial charge in [0.05, 0.1) is 22.6 Å². The number of imidazole rings is 1. The predicted octanol–water partition coefficient (Wildman–Crippen LogP) is 1.16. The van der Waals surface area contributed by atoms with Gasteiger partial charge in [-0.05, 0) is 18.6 Å². The van der Waals surface area contributed by atoms with Gasteiger partial charge in [0.1, 0.15) is 11.3 Å². The highest BCUT2D eigenvalue weighted by atomic mass is 32.2. The third kappa shape index (κ3) is 2.10. The van der Waals surface area contributed by atoms with Crippen LogP contribution in [0.4, 0.5) is 0 Å². The number of nitrogens with one attached hydrogen (secondary N) is 1. The van der Waals surface area contributed by atoms with Crippen molar-refractivity contribution in [3.8, 4) is 0 Å². The Morgan fingerprint density at radius 3 is 2.84 bits per heavy atom. The van der Waals surface area contributed by atoms with Crippen LogP contribution in [0.25, 0.3) is 11.0 Å². The second kappa shape index (κ2) is 4.06. The average Bonchev–Trinajstić information content (AvgIpc) is 2.90. The summed E-state index contributed by atoms with van der Waals surface area (Å²) in [7, 11) is -2.98. The van der Waals surface area contributed by atoms with E-state index in [4.69, 9.17) is 5.11 Å². The smallest absolute Gasteiger partial charge is 0.337 e. The molecule has 1 saturated heterocycles. The van der Waals surface area contributed by atoms with Crippen LogP contribution in [0.2, 0.25) is 0 Å². The van der Waals surface area contributed by atoms with Gasteiger partial charge in [-0.25, -0.2) is 18.2 Å². The predicted molar refractivity (Wildman–Crippen MR) is 69.1 cm³/mol. The van der Waals surface area contributed by atoms with E-state index in [1.807, 2.05) is 0 Å². The second-order valence-corrected chi connectivity index (χ2v) is 6.96. The Labute approximate surface area is 109 Å². The van der Waals surface area contributed by atoms with Crippen molar-refractivity contribution in [1.29, 1.82) is 0 Å². The van der Waals surface area contributed by atoms with Crippen molar-refractivity contribution >= 4 is 26.8 Å². The van der Waals surface area contributed by atoms with E-state index in [-0.39, 0.29) is 23.0 Å². The first-order valence-electron chi connectivity index (χ1n) is 5.88. The maximum Gasteiger partial charge on any atom is 0.337 e. The van der Waals surface area contributed by atoms with Crippen LogP contribution in [0.1, 0.15) is 28.5 Å². The fourth-order valence-corrected chi connectivity index (χ4v) is 4.18. The van der Waals surface area contributed by atoms with Gasteiger partial charge < -0.3 is 10.1 Å².